The van der Waals surface area contributed by atoms with Gasteiger partial charge in [0.2, 0.25) is 0 Å². The number of benzene rings is 1. The Hall–Kier alpha value is -2.40. The first kappa shape index (κ1) is 13.0. The van der Waals surface area contributed by atoms with Gasteiger partial charge in [-0.15, -0.1) is 0 Å². The van der Waals surface area contributed by atoms with Crippen molar-refractivity contribution >= 4 is 5.97 Å². The van der Waals surface area contributed by atoms with Gasteiger partial charge in [-0.3, -0.25) is 4.79 Å². The Kier molecular flexibility index (Phi) is 3.77. The van der Waals surface area contributed by atoms with E-state index in [-0.39, 0.29) is 17.7 Å². The molecule has 0 aliphatic heterocycles. The molecule has 0 aliphatic carbocycles. The van der Waals surface area contributed by atoms with Gasteiger partial charge in [-0.1, -0.05) is 24.3 Å². The Morgan fingerprint density at radius 3 is 2.26 bits per heavy atom. The van der Waals surface area contributed by atoms with Crippen LogP contribution in [0.3, 0.4) is 0 Å². The first-order valence-electron chi connectivity index (χ1n) is 5.72. The summed E-state index contributed by atoms with van der Waals surface area (Å²) in [5, 5.41) is 17.8. The molecule has 0 bridgehead atoms. The zero-order valence-electron chi connectivity index (χ0n) is 10.1. The highest BCUT2D eigenvalue weighted by Gasteiger charge is 2.05. The SMILES string of the molecule is O=C(O)c1ccc(=O)n(Cc2ccc(CO)cc2)c1. The van der Waals surface area contributed by atoms with Crippen LogP contribution in [0, 0.1) is 0 Å². The molecule has 0 radical (unpaired) electrons. The molecule has 98 valence electrons. The number of hydrogen-bond acceptors (Lipinski definition) is 3. The molecule has 0 fully saturated rings. The van der Waals surface area contributed by atoms with Crippen LogP contribution in [0.2, 0.25) is 0 Å². The molecule has 1 aromatic carbocycles. The van der Waals surface area contributed by atoms with E-state index < -0.39 is 5.97 Å². The first-order valence-corrected chi connectivity index (χ1v) is 5.72. The van der Waals surface area contributed by atoms with E-state index in [0.717, 1.165) is 11.1 Å². The molecule has 2 aromatic rings. The van der Waals surface area contributed by atoms with Gasteiger partial charge in [0.05, 0.1) is 18.7 Å². The van der Waals surface area contributed by atoms with E-state index in [2.05, 4.69) is 0 Å². The number of rotatable bonds is 4. The molecule has 5 nitrogen and oxygen atoms in total. The fourth-order valence-corrected chi connectivity index (χ4v) is 1.73. The summed E-state index contributed by atoms with van der Waals surface area (Å²) in [5.41, 5.74) is 1.47. The number of carbonyl (C=O) groups is 1. The average Bonchev–Trinajstić information content (AvgIpc) is 2.42. The van der Waals surface area contributed by atoms with E-state index in [4.69, 9.17) is 10.2 Å². The zero-order chi connectivity index (χ0) is 13.8. The second-order valence-corrected chi connectivity index (χ2v) is 4.16. The largest absolute Gasteiger partial charge is 0.478 e. The predicted octanol–water partition coefficient (Wildman–Crippen LogP) is 1.09. The van der Waals surface area contributed by atoms with Gasteiger partial charge >= 0.3 is 5.97 Å². The van der Waals surface area contributed by atoms with Crippen LogP contribution in [0.25, 0.3) is 0 Å². The third kappa shape index (κ3) is 3.08. The number of aromatic nitrogens is 1. The number of carboxylic acid groups (broad SMARTS) is 1. The van der Waals surface area contributed by atoms with Crippen molar-refractivity contribution in [2.24, 2.45) is 0 Å². The summed E-state index contributed by atoms with van der Waals surface area (Å²) in [6, 6.07) is 9.65. The van der Waals surface area contributed by atoms with Crippen LogP contribution in [-0.2, 0) is 13.2 Å². The molecule has 1 aromatic heterocycles. The van der Waals surface area contributed by atoms with E-state index >= 15 is 0 Å². The fourth-order valence-electron chi connectivity index (χ4n) is 1.73. The molecule has 0 unspecified atom stereocenters. The van der Waals surface area contributed by atoms with Crippen molar-refractivity contribution < 1.29 is 15.0 Å². The minimum absolute atomic E-state index is 0.0330. The molecular weight excluding hydrogens is 246 g/mol. The van der Waals surface area contributed by atoms with Crippen LogP contribution in [0.15, 0.2) is 47.4 Å². The second-order valence-electron chi connectivity index (χ2n) is 4.16. The second kappa shape index (κ2) is 5.49. The van der Waals surface area contributed by atoms with Crippen molar-refractivity contribution in [1.82, 2.24) is 4.57 Å². The summed E-state index contributed by atoms with van der Waals surface area (Å²) < 4.78 is 1.34. The summed E-state index contributed by atoms with van der Waals surface area (Å²) in [7, 11) is 0. The van der Waals surface area contributed by atoms with Crippen LogP contribution in [0.5, 0.6) is 0 Å². The molecule has 0 aliphatic rings. The molecular formula is C14H13NO4. The van der Waals surface area contributed by atoms with Crippen LogP contribution < -0.4 is 5.56 Å². The van der Waals surface area contributed by atoms with Crippen molar-refractivity contribution in [3.05, 3.63) is 69.6 Å². The number of aliphatic hydroxyl groups excluding tert-OH is 1. The highest BCUT2D eigenvalue weighted by Crippen LogP contribution is 2.06. The maximum atomic E-state index is 11.7. The van der Waals surface area contributed by atoms with Gasteiger partial charge < -0.3 is 14.8 Å². The Balaban J connectivity index is 2.29. The normalized spacial score (nSPS) is 10.4. The molecule has 0 saturated heterocycles. The molecule has 0 atom stereocenters. The van der Waals surface area contributed by atoms with Crippen molar-refractivity contribution in [3.8, 4) is 0 Å². The predicted molar refractivity (Wildman–Crippen MR) is 69.1 cm³/mol. The van der Waals surface area contributed by atoms with Crippen molar-refractivity contribution in [2.45, 2.75) is 13.2 Å². The molecule has 1 heterocycles. The van der Waals surface area contributed by atoms with E-state index in [1.165, 1.54) is 22.9 Å². The number of hydrogen-bond donors (Lipinski definition) is 2. The summed E-state index contributed by atoms with van der Waals surface area (Å²) in [6.07, 6.45) is 1.32. The number of nitrogens with zero attached hydrogens (tertiary/aromatic N) is 1. The number of aliphatic hydroxyl groups is 1. The quantitative estimate of drug-likeness (QED) is 0.861. The third-order valence-corrected chi connectivity index (χ3v) is 2.79. The lowest BCUT2D eigenvalue weighted by Gasteiger charge is -2.07. The lowest BCUT2D eigenvalue weighted by molar-refractivity contribution is 0.0696. The topological polar surface area (TPSA) is 79.5 Å². The first-order chi connectivity index (χ1) is 9.10. The van der Waals surface area contributed by atoms with Crippen LogP contribution in [0.4, 0.5) is 0 Å². The highest BCUT2D eigenvalue weighted by molar-refractivity contribution is 5.87. The van der Waals surface area contributed by atoms with E-state index in [0.29, 0.717) is 6.54 Å². The summed E-state index contributed by atoms with van der Waals surface area (Å²) in [6.45, 7) is 0.264. The maximum Gasteiger partial charge on any atom is 0.337 e. The summed E-state index contributed by atoms with van der Waals surface area (Å²) in [4.78, 5) is 22.5. The molecule has 0 spiro atoms. The van der Waals surface area contributed by atoms with Crippen LogP contribution >= 0.6 is 0 Å². The fraction of sp³-hybridized carbons (Fsp3) is 0.143. The minimum atomic E-state index is -1.07. The Morgan fingerprint density at radius 2 is 1.68 bits per heavy atom. The highest BCUT2D eigenvalue weighted by atomic mass is 16.4. The van der Waals surface area contributed by atoms with Crippen molar-refractivity contribution in [3.63, 3.8) is 0 Å². The Morgan fingerprint density at radius 1 is 1.05 bits per heavy atom. The number of carboxylic acids is 1. The van der Waals surface area contributed by atoms with Crippen molar-refractivity contribution in [2.75, 3.05) is 0 Å². The van der Waals surface area contributed by atoms with Gasteiger partial charge in [0, 0.05) is 12.3 Å². The van der Waals surface area contributed by atoms with E-state index in [1.807, 2.05) is 0 Å². The zero-order valence-corrected chi connectivity index (χ0v) is 10.1. The Labute approximate surface area is 109 Å². The lowest BCUT2D eigenvalue weighted by atomic mass is 10.1. The molecule has 0 amide bonds. The van der Waals surface area contributed by atoms with Crippen molar-refractivity contribution in [1.29, 1.82) is 0 Å². The minimum Gasteiger partial charge on any atom is -0.478 e. The summed E-state index contributed by atoms with van der Waals surface area (Å²) >= 11 is 0. The van der Waals surface area contributed by atoms with Gasteiger partial charge in [-0.25, -0.2) is 4.79 Å². The van der Waals surface area contributed by atoms with Gasteiger partial charge in [-0.2, -0.15) is 0 Å². The maximum absolute atomic E-state index is 11.7. The number of pyridine rings is 1. The molecule has 5 heteroatoms. The van der Waals surface area contributed by atoms with Crippen LogP contribution in [0.1, 0.15) is 21.5 Å². The smallest absolute Gasteiger partial charge is 0.337 e. The lowest BCUT2D eigenvalue weighted by Crippen LogP contribution is -2.20. The van der Waals surface area contributed by atoms with Gasteiger partial charge in [0.15, 0.2) is 0 Å². The summed E-state index contributed by atoms with van der Waals surface area (Å²) in [5.74, 6) is -1.07. The number of aromatic carboxylic acids is 1. The Bertz CT molecular complexity index is 643. The molecule has 2 rings (SSSR count). The van der Waals surface area contributed by atoms with E-state index in [9.17, 15) is 9.59 Å². The molecule has 0 saturated carbocycles. The monoisotopic (exact) mass is 259 g/mol. The molecule has 2 N–H and O–H groups in total. The standard InChI is InChI=1S/C14H13NO4/c16-9-11-3-1-10(2-4-11)7-15-8-12(14(18)19)5-6-13(15)17/h1-6,8,16H,7,9H2,(H,18,19). The van der Waals surface area contributed by atoms with Crippen LogP contribution in [-0.4, -0.2) is 20.7 Å². The van der Waals surface area contributed by atoms with E-state index in [1.54, 1.807) is 24.3 Å². The van der Waals surface area contributed by atoms with Gasteiger partial charge in [0.1, 0.15) is 0 Å². The van der Waals surface area contributed by atoms with Gasteiger partial charge in [0.25, 0.3) is 5.56 Å². The van der Waals surface area contributed by atoms with Gasteiger partial charge in [-0.05, 0) is 17.2 Å². The molecule has 19 heavy (non-hydrogen) atoms. The average molecular weight is 259 g/mol. The third-order valence-electron chi connectivity index (χ3n) is 2.79.